The number of rotatable bonds is 6. The van der Waals surface area contributed by atoms with Crippen molar-refractivity contribution in [3.8, 4) is 23.1 Å². The lowest BCUT2D eigenvalue weighted by atomic mass is 9.90. The maximum atomic E-state index is 10.4. The molecule has 37 heavy (non-hydrogen) atoms. The fourth-order valence-electron chi connectivity index (χ4n) is 4.81. The number of benzene rings is 1. The SMILES string of the molecule is C[C@@H](Oc1ccc2[nH]nc(-c3cnc(N4CC[C@@H](C(C)(C)O)C4)c(C#N)c3)c2c1)c1c(Cl)cncc1Cl. The molecule has 1 aliphatic heterocycles. The van der Waals surface area contributed by atoms with E-state index in [1.165, 1.54) is 12.4 Å². The van der Waals surface area contributed by atoms with Gasteiger partial charge in [0.15, 0.2) is 0 Å². The van der Waals surface area contributed by atoms with Crippen molar-refractivity contribution in [2.24, 2.45) is 5.92 Å². The minimum Gasteiger partial charge on any atom is -0.486 e. The molecule has 1 saturated heterocycles. The van der Waals surface area contributed by atoms with E-state index in [-0.39, 0.29) is 5.92 Å². The summed E-state index contributed by atoms with van der Waals surface area (Å²) in [6, 6.07) is 9.71. The van der Waals surface area contributed by atoms with Crippen molar-refractivity contribution in [3.05, 3.63) is 64.0 Å². The molecule has 4 aromatic rings. The molecule has 1 aliphatic rings. The lowest BCUT2D eigenvalue weighted by Gasteiger charge is -2.26. The number of pyridine rings is 2. The van der Waals surface area contributed by atoms with Crippen molar-refractivity contribution in [2.75, 3.05) is 18.0 Å². The average molecular weight is 537 g/mol. The molecule has 2 N–H and O–H groups in total. The summed E-state index contributed by atoms with van der Waals surface area (Å²) in [5.41, 5.74) is 2.56. The van der Waals surface area contributed by atoms with E-state index in [1.807, 2.05) is 45.0 Å². The monoisotopic (exact) mass is 536 g/mol. The number of aromatic amines is 1. The van der Waals surface area contributed by atoms with Gasteiger partial charge in [-0.15, -0.1) is 0 Å². The topological polar surface area (TPSA) is 111 Å². The van der Waals surface area contributed by atoms with Gasteiger partial charge in [-0.3, -0.25) is 10.1 Å². The van der Waals surface area contributed by atoms with Crippen LogP contribution in [0.2, 0.25) is 10.0 Å². The van der Waals surface area contributed by atoms with Crippen LogP contribution in [0, 0.1) is 17.2 Å². The Balaban J connectivity index is 1.44. The summed E-state index contributed by atoms with van der Waals surface area (Å²) in [7, 11) is 0. The maximum absolute atomic E-state index is 10.4. The lowest BCUT2D eigenvalue weighted by molar-refractivity contribution is 0.0263. The molecule has 0 saturated carbocycles. The minimum atomic E-state index is -0.777. The molecule has 1 fully saturated rings. The van der Waals surface area contributed by atoms with Gasteiger partial charge in [0.2, 0.25) is 0 Å². The van der Waals surface area contributed by atoms with Gasteiger partial charge < -0.3 is 14.7 Å². The molecule has 0 spiro atoms. The number of hydrogen-bond donors (Lipinski definition) is 2. The summed E-state index contributed by atoms with van der Waals surface area (Å²) in [5, 5.41) is 29.5. The average Bonchev–Trinajstić information content (AvgIpc) is 3.51. The zero-order valence-corrected chi connectivity index (χ0v) is 22.2. The summed E-state index contributed by atoms with van der Waals surface area (Å²) >= 11 is 12.6. The van der Waals surface area contributed by atoms with Crippen LogP contribution in [-0.4, -0.2) is 44.0 Å². The standard InChI is InChI=1S/C27H26Cl2N6O2/c1-15(24-21(28)12-31-13-22(24)29)37-19-4-5-23-20(9-19)25(34-33-23)17-8-16(10-30)26(32-11-17)35-7-6-18(14-35)27(2,3)36/h4-5,8-9,11-13,15,18,36H,6-7,14H2,1-3H3,(H,33,34)/t15-,18-/m1/s1. The summed E-state index contributed by atoms with van der Waals surface area (Å²) < 4.78 is 6.17. The summed E-state index contributed by atoms with van der Waals surface area (Å²) in [6.45, 7) is 6.91. The number of nitriles is 1. The first kappa shape index (κ1) is 25.3. The van der Waals surface area contributed by atoms with E-state index in [1.54, 1.807) is 6.20 Å². The van der Waals surface area contributed by atoms with E-state index in [0.29, 0.717) is 45.0 Å². The Labute approximate surface area is 224 Å². The number of nitrogens with zero attached hydrogens (tertiary/aromatic N) is 5. The molecule has 10 heteroatoms. The smallest absolute Gasteiger partial charge is 0.146 e. The minimum absolute atomic E-state index is 0.119. The van der Waals surface area contributed by atoms with Crippen LogP contribution in [0.15, 0.2) is 42.9 Å². The van der Waals surface area contributed by atoms with Gasteiger partial charge in [0.25, 0.3) is 0 Å². The molecule has 0 amide bonds. The molecule has 1 aromatic carbocycles. The summed E-state index contributed by atoms with van der Waals surface area (Å²) in [6.07, 6.45) is 5.25. The van der Waals surface area contributed by atoms with Crippen molar-refractivity contribution in [2.45, 2.75) is 38.9 Å². The molecular weight excluding hydrogens is 511 g/mol. The molecule has 3 aromatic heterocycles. The molecule has 5 rings (SSSR count). The Hall–Kier alpha value is -3.38. The van der Waals surface area contributed by atoms with Gasteiger partial charge in [0.1, 0.15) is 29.4 Å². The highest BCUT2D eigenvalue weighted by molar-refractivity contribution is 6.35. The molecule has 190 valence electrons. The zero-order valence-electron chi connectivity index (χ0n) is 20.7. The third-order valence-electron chi connectivity index (χ3n) is 6.89. The first-order valence-electron chi connectivity index (χ1n) is 12.0. The molecule has 0 aliphatic carbocycles. The summed E-state index contributed by atoms with van der Waals surface area (Å²) in [4.78, 5) is 10.7. The van der Waals surface area contributed by atoms with Gasteiger partial charge >= 0.3 is 0 Å². The van der Waals surface area contributed by atoms with Gasteiger partial charge in [-0.25, -0.2) is 4.98 Å². The van der Waals surface area contributed by atoms with Crippen molar-refractivity contribution < 1.29 is 9.84 Å². The van der Waals surface area contributed by atoms with E-state index in [0.717, 1.165) is 29.4 Å². The van der Waals surface area contributed by atoms with E-state index >= 15 is 0 Å². The van der Waals surface area contributed by atoms with Gasteiger partial charge in [-0.1, -0.05) is 23.2 Å². The van der Waals surface area contributed by atoms with Crippen LogP contribution in [0.5, 0.6) is 5.75 Å². The number of aliphatic hydroxyl groups is 1. The molecule has 0 radical (unpaired) electrons. The molecule has 0 unspecified atom stereocenters. The number of nitrogens with one attached hydrogen (secondary N) is 1. The fraction of sp³-hybridized carbons (Fsp3) is 0.333. The number of aromatic nitrogens is 4. The highest BCUT2D eigenvalue weighted by atomic mass is 35.5. The largest absolute Gasteiger partial charge is 0.486 e. The third kappa shape index (κ3) is 4.95. The van der Waals surface area contributed by atoms with Crippen LogP contribution in [-0.2, 0) is 0 Å². The number of hydrogen-bond acceptors (Lipinski definition) is 7. The number of ether oxygens (including phenoxy) is 1. The number of anilines is 1. The van der Waals surface area contributed by atoms with E-state index in [9.17, 15) is 10.4 Å². The Morgan fingerprint density at radius 3 is 2.65 bits per heavy atom. The predicted molar refractivity (Wildman–Crippen MR) is 144 cm³/mol. The number of fused-ring (bicyclic) bond motifs is 1. The molecule has 0 bridgehead atoms. The van der Waals surface area contributed by atoms with Gasteiger partial charge in [-0.05, 0) is 51.5 Å². The number of halogens is 2. The van der Waals surface area contributed by atoms with Crippen LogP contribution >= 0.6 is 23.2 Å². The lowest BCUT2D eigenvalue weighted by Crippen LogP contribution is -2.33. The van der Waals surface area contributed by atoms with Crippen LogP contribution < -0.4 is 9.64 Å². The second-order valence-electron chi connectivity index (χ2n) is 9.85. The van der Waals surface area contributed by atoms with E-state index in [2.05, 4.69) is 31.1 Å². The highest BCUT2D eigenvalue weighted by Gasteiger charge is 2.34. The Morgan fingerprint density at radius 1 is 1.22 bits per heavy atom. The first-order valence-corrected chi connectivity index (χ1v) is 12.7. The van der Waals surface area contributed by atoms with Gasteiger partial charge in [0, 0.05) is 54.1 Å². The van der Waals surface area contributed by atoms with Crippen LogP contribution in [0.4, 0.5) is 5.82 Å². The second-order valence-corrected chi connectivity index (χ2v) is 10.7. The van der Waals surface area contributed by atoms with Crippen LogP contribution in [0.25, 0.3) is 22.2 Å². The van der Waals surface area contributed by atoms with Gasteiger partial charge in [-0.2, -0.15) is 10.4 Å². The molecule has 8 nitrogen and oxygen atoms in total. The molecule has 4 heterocycles. The highest BCUT2D eigenvalue weighted by Crippen LogP contribution is 2.36. The molecule has 2 atom stereocenters. The Kier molecular flexibility index (Phi) is 6.71. The fourth-order valence-corrected chi connectivity index (χ4v) is 5.48. The zero-order chi connectivity index (χ0) is 26.3. The Bertz CT molecular complexity index is 1490. The molecular formula is C27H26Cl2N6O2. The summed E-state index contributed by atoms with van der Waals surface area (Å²) in [5.74, 6) is 1.36. The maximum Gasteiger partial charge on any atom is 0.146 e. The van der Waals surface area contributed by atoms with Crippen molar-refractivity contribution in [1.82, 2.24) is 20.2 Å². The van der Waals surface area contributed by atoms with Crippen LogP contribution in [0.1, 0.15) is 44.4 Å². The van der Waals surface area contributed by atoms with Crippen molar-refractivity contribution >= 4 is 39.9 Å². The quantitative estimate of drug-likeness (QED) is 0.313. The van der Waals surface area contributed by atoms with E-state index < -0.39 is 11.7 Å². The second kappa shape index (κ2) is 9.82. The van der Waals surface area contributed by atoms with Crippen molar-refractivity contribution in [3.63, 3.8) is 0 Å². The number of H-pyrrole nitrogens is 1. The van der Waals surface area contributed by atoms with Crippen LogP contribution in [0.3, 0.4) is 0 Å². The normalized spacial score (nSPS) is 16.7. The third-order valence-corrected chi connectivity index (χ3v) is 7.49. The predicted octanol–water partition coefficient (Wildman–Crippen LogP) is 5.94. The van der Waals surface area contributed by atoms with Gasteiger partial charge in [0.05, 0.1) is 26.7 Å². The Morgan fingerprint density at radius 2 is 1.97 bits per heavy atom. The first-order chi connectivity index (χ1) is 17.7. The van der Waals surface area contributed by atoms with Crippen molar-refractivity contribution in [1.29, 1.82) is 5.26 Å². The van der Waals surface area contributed by atoms with E-state index in [4.69, 9.17) is 27.9 Å².